The molecular weight excluding hydrogens is 536 g/mol. The van der Waals surface area contributed by atoms with Gasteiger partial charge in [0.1, 0.15) is 17.6 Å². The van der Waals surface area contributed by atoms with Crippen LogP contribution in [0.25, 0.3) is 0 Å². The Labute approximate surface area is 237 Å². The highest BCUT2D eigenvalue weighted by Gasteiger charge is 2.71. The second-order valence-electron chi connectivity index (χ2n) is 11.4. The zero-order chi connectivity index (χ0) is 29.9. The predicted molar refractivity (Wildman–Crippen MR) is 142 cm³/mol. The first-order valence-electron chi connectivity index (χ1n) is 13.7. The highest BCUT2D eigenvalue weighted by molar-refractivity contribution is 5.84. The Morgan fingerprint density at radius 3 is 2.68 bits per heavy atom. The summed E-state index contributed by atoms with van der Waals surface area (Å²) in [7, 11) is 1.98. The number of piperidine rings is 1. The Bertz CT molecular complexity index is 1320. The van der Waals surface area contributed by atoms with E-state index in [1.807, 2.05) is 19.2 Å². The molecule has 1 aromatic carbocycles. The third-order valence-electron chi connectivity index (χ3n) is 9.02. The SMILES string of the molecule is C=C(N[C@@H](CC(=O)O[C@@H](C)C(=O)OC1=CC[C@@]2(O)[C@H]3Cc4ccc(CO)c5c4C2(CCN3C)C1O5)C(=O)O)[C@H](C)O. The fourth-order valence-electron chi connectivity index (χ4n) is 6.84. The molecule has 0 aromatic heterocycles. The number of aliphatic hydroxyl groups excluding tert-OH is 2. The lowest BCUT2D eigenvalue weighted by Crippen LogP contribution is -2.74. The molecule has 5 N–H and O–H groups in total. The zero-order valence-electron chi connectivity index (χ0n) is 23.3. The second-order valence-corrected chi connectivity index (χ2v) is 11.4. The molecule has 2 bridgehead atoms. The minimum atomic E-state index is -1.42. The number of benzene rings is 1. The van der Waals surface area contributed by atoms with Crippen LogP contribution in [0.2, 0.25) is 0 Å². The van der Waals surface area contributed by atoms with Crippen molar-refractivity contribution in [3.8, 4) is 5.75 Å². The molecule has 4 aliphatic rings. The number of aliphatic carboxylic acids is 1. The highest BCUT2D eigenvalue weighted by atomic mass is 16.6. The van der Waals surface area contributed by atoms with Crippen LogP contribution in [-0.4, -0.2) is 92.8 Å². The van der Waals surface area contributed by atoms with Crippen LogP contribution in [0.15, 0.2) is 36.2 Å². The van der Waals surface area contributed by atoms with E-state index in [0.717, 1.165) is 11.1 Å². The molecule has 2 heterocycles. The van der Waals surface area contributed by atoms with E-state index in [-0.39, 0.29) is 30.5 Å². The molecule has 5 rings (SSSR count). The third kappa shape index (κ3) is 4.49. The molecule has 0 amide bonds. The molecule has 1 saturated heterocycles. The molecule has 1 aromatic rings. The number of hydrogen-bond donors (Lipinski definition) is 5. The molecule has 2 unspecified atom stereocenters. The topological polar surface area (TPSA) is 175 Å². The van der Waals surface area contributed by atoms with Crippen molar-refractivity contribution < 1.29 is 49.0 Å². The lowest BCUT2D eigenvalue weighted by atomic mass is 9.50. The van der Waals surface area contributed by atoms with E-state index in [9.17, 15) is 34.8 Å². The van der Waals surface area contributed by atoms with E-state index in [1.54, 1.807) is 6.08 Å². The molecule has 0 radical (unpaired) electrons. The van der Waals surface area contributed by atoms with Crippen LogP contribution >= 0.6 is 0 Å². The third-order valence-corrected chi connectivity index (χ3v) is 9.02. The lowest BCUT2D eigenvalue weighted by molar-refractivity contribution is -0.175. The number of likely N-dealkylation sites (tertiary alicyclic amines) is 1. The van der Waals surface area contributed by atoms with Gasteiger partial charge in [-0.2, -0.15) is 0 Å². The van der Waals surface area contributed by atoms with Crippen molar-refractivity contribution in [1.29, 1.82) is 0 Å². The van der Waals surface area contributed by atoms with E-state index in [0.29, 0.717) is 30.7 Å². The number of carboxylic acid groups (broad SMARTS) is 1. The quantitative estimate of drug-likeness (QED) is 0.242. The maximum absolute atomic E-state index is 13.1. The van der Waals surface area contributed by atoms with Crippen LogP contribution < -0.4 is 10.1 Å². The Morgan fingerprint density at radius 2 is 2.02 bits per heavy atom. The number of ether oxygens (including phenoxy) is 3. The maximum atomic E-state index is 13.1. The van der Waals surface area contributed by atoms with Crippen molar-refractivity contribution in [2.24, 2.45) is 0 Å². The highest BCUT2D eigenvalue weighted by Crippen LogP contribution is 2.64. The molecular formula is C29H36N2O10. The van der Waals surface area contributed by atoms with Gasteiger partial charge in [0, 0.05) is 29.3 Å². The van der Waals surface area contributed by atoms with E-state index >= 15 is 0 Å². The number of nitrogens with one attached hydrogen (secondary N) is 1. The minimum absolute atomic E-state index is 0.0187. The largest absolute Gasteiger partial charge is 0.481 e. The number of esters is 2. The summed E-state index contributed by atoms with van der Waals surface area (Å²) in [5, 5.41) is 43.7. The average molecular weight is 573 g/mol. The van der Waals surface area contributed by atoms with E-state index in [4.69, 9.17) is 14.2 Å². The zero-order valence-corrected chi connectivity index (χ0v) is 23.3. The summed E-state index contributed by atoms with van der Waals surface area (Å²) in [6, 6.07) is 2.17. The first-order chi connectivity index (χ1) is 19.3. The van der Waals surface area contributed by atoms with Gasteiger partial charge in [-0.15, -0.1) is 0 Å². The summed E-state index contributed by atoms with van der Waals surface area (Å²) in [5.41, 5.74) is 0.392. The van der Waals surface area contributed by atoms with Crippen molar-refractivity contribution >= 4 is 17.9 Å². The number of nitrogens with zero attached hydrogens (tertiary/aromatic N) is 1. The summed E-state index contributed by atoms with van der Waals surface area (Å²) in [5.74, 6) is -2.52. The minimum Gasteiger partial charge on any atom is -0.481 e. The van der Waals surface area contributed by atoms with Gasteiger partial charge in [0.25, 0.3) is 0 Å². The Balaban J connectivity index is 1.35. The monoisotopic (exact) mass is 572 g/mol. The number of rotatable bonds is 10. The normalized spacial score (nSPS) is 29.7. The first-order valence-corrected chi connectivity index (χ1v) is 13.7. The van der Waals surface area contributed by atoms with Gasteiger partial charge in [0.15, 0.2) is 12.2 Å². The van der Waals surface area contributed by atoms with Crippen molar-refractivity contribution in [3.63, 3.8) is 0 Å². The summed E-state index contributed by atoms with van der Waals surface area (Å²) in [4.78, 5) is 39.3. The van der Waals surface area contributed by atoms with Gasteiger partial charge in [-0.3, -0.25) is 4.79 Å². The van der Waals surface area contributed by atoms with Crippen molar-refractivity contribution in [1.82, 2.24) is 10.2 Å². The average Bonchev–Trinajstić information content (AvgIpc) is 3.27. The molecule has 0 saturated carbocycles. The Kier molecular flexibility index (Phi) is 7.39. The van der Waals surface area contributed by atoms with Crippen molar-refractivity contribution in [3.05, 3.63) is 52.9 Å². The molecule has 1 fully saturated rings. The van der Waals surface area contributed by atoms with Crippen LogP contribution in [-0.2, 0) is 42.3 Å². The molecule has 1 spiro atoms. The number of likely N-dealkylation sites (N-methyl/N-ethyl adjacent to an activating group) is 1. The molecule has 12 nitrogen and oxygen atoms in total. The summed E-state index contributed by atoms with van der Waals surface area (Å²) in [6.07, 6.45) is -0.871. The van der Waals surface area contributed by atoms with Gasteiger partial charge in [0.05, 0.1) is 30.1 Å². The number of carbonyl (C=O) groups is 3. The number of aliphatic hydroxyl groups is 3. The van der Waals surface area contributed by atoms with Crippen LogP contribution in [0.3, 0.4) is 0 Å². The smallest absolute Gasteiger partial charge is 0.352 e. The lowest BCUT2D eigenvalue weighted by Gasteiger charge is -2.61. The maximum Gasteiger partial charge on any atom is 0.352 e. The van der Waals surface area contributed by atoms with Crippen LogP contribution in [0.5, 0.6) is 5.75 Å². The molecule has 222 valence electrons. The number of carboxylic acids is 1. The number of hydrogen-bond acceptors (Lipinski definition) is 11. The fourth-order valence-corrected chi connectivity index (χ4v) is 6.84. The van der Waals surface area contributed by atoms with Crippen molar-refractivity contribution in [2.75, 3.05) is 13.6 Å². The second kappa shape index (κ2) is 10.4. The van der Waals surface area contributed by atoms with E-state index < -0.39 is 59.7 Å². The molecule has 41 heavy (non-hydrogen) atoms. The van der Waals surface area contributed by atoms with Gasteiger partial charge in [-0.05, 0) is 51.9 Å². The van der Waals surface area contributed by atoms with E-state index in [1.165, 1.54) is 13.8 Å². The summed E-state index contributed by atoms with van der Waals surface area (Å²) < 4.78 is 17.3. The van der Waals surface area contributed by atoms with E-state index in [2.05, 4.69) is 16.8 Å². The standard InChI is InChI=1S/C29H36N2O10/c1-14(15(2)33)30-19(26(35)36)12-22(34)39-16(3)27(37)40-20-7-8-29(38)21-11-17-5-6-18(13-32)24-23(17)28(29,25(20)41-24)9-10-31(21)4/h5-7,15-16,19,21,25,30,32-33,38H,1,8-13H2,2-4H3,(H,35,36)/t15-,16-,19-,21+,25?,28?,29+/m0/s1. The number of carbonyl (C=O) groups excluding carboxylic acids is 2. The van der Waals surface area contributed by atoms with Gasteiger partial charge in [-0.25, -0.2) is 9.59 Å². The first kappa shape index (κ1) is 29.1. The van der Waals surface area contributed by atoms with Gasteiger partial charge in [-0.1, -0.05) is 18.7 Å². The van der Waals surface area contributed by atoms with Gasteiger partial charge >= 0.3 is 17.9 Å². The Hall–Kier alpha value is -3.45. The Morgan fingerprint density at radius 1 is 1.29 bits per heavy atom. The predicted octanol–water partition coefficient (Wildman–Crippen LogP) is 0.259. The van der Waals surface area contributed by atoms with Gasteiger partial charge < -0.3 is 44.9 Å². The molecule has 12 heteroatoms. The van der Waals surface area contributed by atoms with Crippen LogP contribution in [0, 0.1) is 0 Å². The molecule has 7 atom stereocenters. The van der Waals surface area contributed by atoms with Crippen LogP contribution in [0.1, 0.15) is 49.8 Å². The van der Waals surface area contributed by atoms with Crippen molar-refractivity contribution in [2.45, 2.75) is 87.5 Å². The fraction of sp³-hybridized carbons (Fsp3) is 0.552. The molecule has 2 aliphatic carbocycles. The summed E-state index contributed by atoms with van der Waals surface area (Å²) >= 11 is 0. The molecule has 2 aliphatic heterocycles. The van der Waals surface area contributed by atoms with Gasteiger partial charge in [0.2, 0.25) is 0 Å². The van der Waals surface area contributed by atoms with Crippen LogP contribution in [0.4, 0.5) is 0 Å². The summed E-state index contributed by atoms with van der Waals surface area (Å²) in [6.45, 7) is 6.67.